The summed E-state index contributed by atoms with van der Waals surface area (Å²) in [6, 6.07) is 13.9. The highest BCUT2D eigenvalue weighted by molar-refractivity contribution is 5.76. The number of amides is 1. The molecular weight excluding hydrogens is 366 g/mol. The first-order valence-corrected chi connectivity index (χ1v) is 10.4. The van der Waals surface area contributed by atoms with Gasteiger partial charge in [-0.2, -0.15) is 0 Å². The fourth-order valence-corrected chi connectivity index (χ4v) is 4.44. The molecule has 0 radical (unpaired) electrons. The number of hydrogen-bond acceptors (Lipinski definition) is 6. The molecule has 0 spiro atoms. The van der Waals surface area contributed by atoms with Gasteiger partial charge in [-0.15, -0.1) is 0 Å². The Morgan fingerprint density at radius 2 is 2.14 bits per heavy atom. The van der Waals surface area contributed by atoms with Gasteiger partial charge in [0, 0.05) is 37.8 Å². The average Bonchev–Trinajstić information content (AvgIpc) is 3.25. The number of nitrogens with zero attached hydrogens (tertiary/aromatic N) is 2. The van der Waals surface area contributed by atoms with Gasteiger partial charge in [-0.3, -0.25) is 15.6 Å². The molecule has 3 unspecified atom stereocenters. The van der Waals surface area contributed by atoms with Gasteiger partial charge in [-0.1, -0.05) is 18.2 Å². The quantitative estimate of drug-likeness (QED) is 0.692. The van der Waals surface area contributed by atoms with Crippen LogP contribution in [0.25, 0.3) is 0 Å². The van der Waals surface area contributed by atoms with Crippen molar-refractivity contribution in [3.8, 4) is 5.75 Å². The predicted octanol–water partition coefficient (Wildman–Crippen LogP) is 1.93. The lowest BCUT2D eigenvalue weighted by Gasteiger charge is -2.37. The van der Waals surface area contributed by atoms with Gasteiger partial charge in [0.1, 0.15) is 11.6 Å². The number of hydrazine groups is 1. The van der Waals surface area contributed by atoms with E-state index in [9.17, 15) is 4.79 Å². The Hall–Kier alpha value is -2.64. The van der Waals surface area contributed by atoms with Gasteiger partial charge < -0.3 is 15.4 Å². The molecule has 7 heteroatoms. The van der Waals surface area contributed by atoms with E-state index in [1.54, 1.807) is 6.20 Å². The number of nitrogen functional groups attached to an aromatic ring is 1. The van der Waals surface area contributed by atoms with Crippen LogP contribution < -0.4 is 21.3 Å². The topological polar surface area (TPSA) is 92.5 Å². The Morgan fingerprint density at radius 1 is 1.28 bits per heavy atom. The number of carbonyl (C=O) groups is 1. The molecule has 3 atom stereocenters. The van der Waals surface area contributed by atoms with Crippen LogP contribution in [-0.2, 0) is 4.79 Å². The van der Waals surface area contributed by atoms with E-state index in [1.807, 2.05) is 47.4 Å². The number of nitrogens with two attached hydrogens (primary N) is 1. The van der Waals surface area contributed by atoms with Crippen molar-refractivity contribution in [2.24, 2.45) is 5.92 Å². The van der Waals surface area contributed by atoms with E-state index in [-0.39, 0.29) is 11.9 Å². The fraction of sp³-hybridized carbons (Fsp3) is 0.455. The van der Waals surface area contributed by atoms with Gasteiger partial charge in [0.05, 0.1) is 13.0 Å². The number of piperidine rings is 1. The van der Waals surface area contributed by atoms with Crippen LogP contribution in [0.4, 0.5) is 5.82 Å². The van der Waals surface area contributed by atoms with Crippen LogP contribution in [-0.4, -0.2) is 48.1 Å². The second-order valence-corrected chi connectivity index (χ2v) is 7.83. The third-order valence-electron chi connectivity index (χ3n) is 5.90. The van der Waals surface area contributed by atoms with E-state index < -0.39 is 0 Å². The first kappa shape index (κ1) is 19.7. The number of benzene rings is 1. The maximum Gasteiger partial charge on any atom is 0.226 e. The largest absolute Gasteiger partial charge is 0.493 e. The second-order valence-electron chi connectivity index (χ2n) is 7.83. The van der Waals surface area contributed by atoms with Crippen molar-refractivity contribution in [2.75, 3.05) is 32.0 Å². The highest BCUT2D eigenvalue weighted by Crippen LogP contribution is 2.32. The minimum Gasteiger partial charge on any atom is -0.493 e. The Labute approximate surface area is 171 Å². The fourth-order valence-electron chi connectivity index (χ4n) is 4.44. The van der Waals surface area contributed by atoms with Crippen LogP contribution in [0.3, 0.4) is 0 Å². The van der Waals surface area contributed by atoms with Crippen molar-refractivity contribution in [3.05, 3.63) is 54.2 Å². The number of carbonyl (C=O) groups excluding carboxylic acids is 1. The Bertz CT molecular complexity index is 816. The molecule has 2 aliphatic heterocycles. The van der Waals surface area contributed by atoms with Crippen molar-refractivity contribution >= 4 is 11.7 Å². The van der Waals surface area contributed by atoms with E-state index in [0.29, 0.717) is 30.7 Å². The second kappa shape index (κ2) is 9.24. The molecule has 154 valence electrons. The summed E-state index contributed by atoms with van der Waals surface area (Å²) in [5, 5.41) is 0. The molecule has 2 saturated heterocycles. The average molecular weight is 396 g/mol. The lowest BCUT2D eigenvalue weighted by atomic mass is 9.81. The van der Waals surface area contributed by atoms with Gasteiger partial charge in [0.15, 0.2) is 0 Å². The molecule has 7 nitrogen and oxygen atoms in total. The summed E-state index contributed by atoms with van der Waals surface area (Å²) in [5.41, 5.74) is 13.8. The van der Waals surface area contributed by atoms with Crippen LogP contribution in [0.15, 0.2) is 48.7 Å². The molecule has 29 heavy (non-hydrogen) atoms. The highest BCUT2D eigenvalue weighted by Gasteiger charge is 2.37. The summed E-state index contributed by atoms with van der Waals surface area (Å²) in [7, 11) is 0. The summed E-state index contributed by atoms with van der Waals surface area (Å²) in [5.74, 6) is 2.24. The van der Waals surface area contributed by atoms with Crippen LogP contribution in [0, 0.1) is 5.92 Å². The van der Waals surface area contributed by atoms with Crippen molar-refractivity contribution in [1.29, 1.82) is 0 Å². The standard InChI is InChI=1S/C22H29N5O2/c23-20-13-16(8-10-24-20)19-14-25-26-22(19)17-5-4-11-27(15-17)21(28)9-12-29-18-6-2-1-3-7-18/h1-3,6-8,10,13,17,19,22,25-26H,4-5,9,11-12,14-15H2,(H2,23,24). The first-order valence-electron chi connectivity index (χ1n) is 10.4. The normalized spacial score (nSPS) is 24.4. The number of nitrogens with one attached hydrogen (secondary N) is 2. The summed E-state index contributed by atoms with van der Waals surface area (Å²) in [6.07, 6.45) is 4.31. The molecule has 4 N–H and O–H groups in total. The summed E-state index contributed by atoms with van der Waals surface area (Å²) in [4.78, 5) is 18.8. The molecular formula is C22H29N5O2. The zero-order valence-corrected chi connectivity index (χ0v) is 16.6. The smallest absolute Gasteiger partial charge is 0.226 e. The first-order chi connectivity index (χ1) is 14.2. The van der Waals surface area contributed by atoms with Crippen LogP contribution in [0.2, 0.25) is 0 Å². The summed E-state index contributed by atoms with van der Waals surface area (Å²) < 4.78 is 5.69. The van der Waals surface area contributed by atoms with E-state index in [1.165, 1.54) is 5.56 Å². The third-order valence-corrected chi connectivity index (χ3v) is 5.90. The number of para-hydroxylation sites is 1. The number of pyridine rings is 1. The van der Waals surface area contributed by atoms with E-state index in [2.05, 4.69) is 15.8 Å². The maximum absolute atomic E-state index is 12.7. The third kappa shape index (κ3) is 4.86. The van der Waals surface area contributed by atoms with Gasteiger partial charge in [-0.25, -0.2) is 4.98 Å². The highest BCUT2D eigenvalue weighted by atomic mass is 16.5. The van der Waals surface area contributed by atoms with Crippen molar-refractivity contribution in [1.82, 2.24) is 20.7 Å². The molecule has 0 saturated carbocycles. The molecule has 3 heterocycles. The lowest BCUT2D eigenvalue weighted by Crippen LogP contribution is -2.48. The Morgan fingerprint density at radius 3 is 2.97 bits per heavy atom. The molecule has 2 aromatic rings. The molecule has 0 bridgehead atoms. The van der Waals surface area contributed by atoms with Gasteiger partial charge in [0.25, 0.3) is 0 Å². The Balaban J connectivity index is 1.33. The molecule has 0 aliphatic carbocycles. The molecule has 4 rings (SSSR count). The molecule has 1 aromatic carbocycles. The minimum absolute atomic E-state index is 0.168. The van der Waals surface area contributed by atoms with E-state index in [4.69, 9.17) is 10.5 Å². The summed E-state index contributed by atoms with van der Waals surface area (Å²) >= 11 is 0. The maximum atomic E-state index is 12.7. The van der Waals surface area contributed by atoms with Crippen molar-refractivity contribution in [2.45, 2.75) is 31.2 Å². The summed E-state index contributed by atoms with van der Waals surface area (Å²) in [6.45, 7) is 2.87. The number of hydrogen-bond donors (Lipinski definition) is 3. The lowest BCUT2D eigenvalue weighted by molar-refractivity contribution is -0.133. The van der Waals surface area contributed by atoms with Gasteiger partial charge in [0.2, 0.25) is 5.91 Å². The van der Waals surface area contributed by atoms with E-state index >= 15 is 0 Å². The number of anilines is 1. The van der Waals surface area contributed by atoms with Crippen LogP contribution in [0.5, 0.6) is 5.75 Å². The Kier molecular flexibility index (Phi) is 6.27. The molecule has 2 aliphatic rings. The number of aromatic nitrogens is 1. The predicted molar refractivity (Wildman–Crippen MR) is 112 cm³/mol. The SMILES string of the molecule is Nc1cc(C2CNNC2C2CCCN(C(=O)CCOc3ccccc3)C2)ccn1. The zero-order chi connectivity index (χ0) is 20.1. The number of rotatable bonds is 6. The molecule has 1 amide bonds. The zero-order valence-electron chi connectivity index (χ0n) is 16.6. The van der Waals surface area contributed by atoms with Crippen molar-refractivity contribution < 1.29 is 9.53 Å². The number of ether oxygens (including phenoxy) is 1. The van der Waals surface area contributed by atoms with Gasteiger partial charge >= 0.3 is 0 Å². The number of likely N-dealkylation sites (tertiary alicyclic amines) is 1. The van der Waals surface area contributed by atoms with Gasteiger partial charge in [-0.05, 0) is 48.6 Å². The van der Waals surface area contributed by atoms with E-state index in [0.717, 1.165) is 38.2 Å². The van der Waals surface area contributed by atoms with Crippen molar-refractivity contribution in [3.63, 3.8) is 0 Å². The molecule has 1 aromatic heterocycles. The minimum atomic E-state index is 0.168. The van der Waals surface area contributed by atoms with Crippen LogP contribution in [0.1, 0.15) is 30.7 Å². The van der Waals surface area contributed by atoms with Crippen LogP contribution >= 0.6 is 0 Å². The monoisotopic (exact) mass is 395 g/mol. The molecule has 2 fully saturated rings.